The van der Waals surface area contributed by atoms with E-state index in [1.54, 1.807) is 17.0 Å². The summed E-state index contributed by atoms with van der Waals surface area (Å²) in [4.78, 5) is 14.5. The van der Waals surface area contributed by atoms with Gasteiger partial charge in [0.25, 0.3) is 5.91 Å². The number of amides is 1. The number of aryl methyl sites for hydroxylation is 3. The van der Waals surface area contributed by atoms with Gasteiger partial charge in [-0.2, -0.15) is 4.31 Å². The third-order valence-electron chi connectivity index (χ3n) is 5.29. The molecule has 4 rings (SSSR count). The van der Waals surface area contributed by atoms with Crippen molar-refractivity contribution in [2.24, 2.45) is 0 Å². The smallest absolute Gasteiger partial charge is 0.289 e. The molecule has 1 aromatic carbocycles. The predicted octanol–water partition coefficient (Wildman–Crippen LogP) is 2.22. The Kier molecular flexibility index (Phi) is 4.36. The number of hydrogen-bond acceptors (Lipinski definition) is 4. The third-order valence-corrected chi connectivity index (χ3v) is 7.18. The molecule has 26 heavy (non-hydrogen) atoms. The lowest BCUT2D eigenvalue weighted by Gasteiger charge is -2.33. The Morgan fingerprint density at radius 2 is 1.77 bits per heavy atom. The Labute approximate surface area is 153 Å². The highest BCUT2D eigenvalue weighted by atomic mass is 32.2. The van der Waals surface area contributed by atoms with E-state index < -0.39 is 10.0 Å². The number of carbonyl (C=O) groups excluding carboxylic acids is 1. The molecule has 0 saturated carbocycles. The second-order valence-electron chi connectivity index (χ2n) is 6.91. The molecule has 1 aliphatic carbocycles. The van der Waals surface area contributed by atoms with Crippen LogP contribution in [-0.4, -0.2) is 49.7 Å². The van der Waals surface area contributed by atoms with Crippen LogP contribution in [0.3, 0.4) is 0 Å². The molecule has 1 aliphatic heterocycles. The van der Waals surface area contributed by atoms with E-state index in [0.717, 1.165) is 30.4 Å². The molecule has 1 fully saturated rings. The molecule has 1 amide bonds. The third kappa shape index (κ3) is 2.95. The van der Waals surface area contributed by atoms with Gasteiger partial charge < -0.3 is 9.32 Å². The highest BCUT2D eigenvalue weighted by Gasteiger charge is 2.32. The zero-order valence-electron chi connectivity index (χ0n) is 14.8. The van der Waals surface area contributed by atoms with E-state index in [4.69, 9.17) is 4.42 Å². The average Bonchev–Trinajstić information content (AvgIpc) is 3.29. The van der Waals surface area contributed by atoms with Gasteiger partial charge in [-0.05, 0) is 55.5 Å². The van der Waals surface area contributed by atoms with Gasteiger partial charge in [-0.3, -0.25) is 4.79 Å². The van der Waals surface area contributed by atoms with Crippen LogP contribution in [0.1, 0.15) is 33.7 Å². The molecular formula is C19H22N2O4S. The van der Waals surface area contributed by atoms with E-state index in [1.807, 2.05) is 19.1 Å². The lowest BCUT2D eigenvalue weighted by molar-refractivity contribution is 0.0665. The Balaban J connectivity index is 1.47. The number of fused-ring (bicyclic) bond motifs is 1. The molecule has 0 N–H and O–H groups in total. The molecule has 0 atom stereocenters. The zero-order valence-corrected chi connectivity index (χ0v) is 15.6. The van der Waals surface area contributed by atoms with Crippen molar-refractivity contribution >= 4 is 15.9 Å². The number of rotatable bonds is 3. The quantitative estimate of drug-likeness (QED) is 0.826. The standard InChI is InChI=1S/C19H22N2O4S/c1-14-7-12-25-18(14)19(22)20-8-10-21(11-9-20)26(23,24)17-6-5-15-3-2-4-16(15)13-17/h5-7,12-13H,2-4,8-11H2,1H3. The number of benzene rings is 1. The topological polar surface area (TPSA) is 70.8 Å². The van der Waals surface area contributed by atoms with Crippen molar-refractivity contribution in [3.05, 3.63) is 53.0 Å². The molecule has 138 valence electrons. The molecular weight excluding hydrogens is 352 g/mol. The van der Waals surface area contributed by atoms with Crippen molar-refractivity contribution in [2.75, 3.05) is 26.2 Å². The first-order valence-electron chi connectivity index (χ1n) is 8.92. The van der Waals surface area contributed by atoms with Crippen LogP contribution >= 0.6 is 0 Å². The fourth-order valence-electron chi connectivity index (χ4n) is 3.72. The second kappa shape index (κ2) is 6.55. The normalized spacial score (nSPS) is 18.1. The van der Waals surface area contributed by atoms with E-state index in [1.165, 1.54) is 16.1 Å². The second-order valence-corrected chi connectivity index (χ2v) is 8.85. The van der Waals surface area contributed by atoms with E-state index in [9.17, 15) is 13.2 Å². The fraction of sp³-hybridized carbons (Fsp3) is 0.421. The van der Waals surface area contributed by atoms with Gasteiger partial charge in [0.15, 0.2) is 5.76 Å². The van der Waals surface area contributed by atoms with Gasteiger partial charge in [0.2, 0.25) is 10.0 Å². The number of carbonyl (C=O) groups is 1. The van der Waals surface area contributed by atoms with E-state index in [2.05, 4.69) is 0 Å². The highest BCUT2D eigenvalue weighted by molar-refractivity contribution is 7.89. The molecule has 0 bridgehead atoms. The van der Waals surface area contributed by atoms with Crippen molar-refractivity contribution in [3.8, 4) is 0 Å². The summed E-state index contributed by atoms with van der Waals surface area (Å²) in [6.07, 6.45) is 4.56. The monoisotopic (exact) mass is 374 g/mol. The summed E-state index contributed by atoms with van der Waals surface area (Å²) < 4.78 is 32.6. The van der Waals surface area contributed by atoms with Crippen LogP contribution in [0.25, 0.3) is 0 Å². The SMILES string of the molecule is Cc1ccoc1C(=O)N1CCN(S(=O)(=O)c2ccc3c(c2)CCC3)CC1. The van der Waals surface area contributed by atoms with Gasteiger partial charge >= 0.3 is 0 Å². The summed E-state index contributed by atoms with van der Waals surface area (Å²) in [5, 5.41) is 0. The van der Waals surface area contributed by atoms with Crippen LogP contribution in [0.15, 0.2) is 39.8 Å². The fourth-order valence-corrected chi connectivity index (χ4v) is 5.20. The minimum Gasteiger partial charge on any atom is -0.459 e. The summed E-state index contributed by atoms with van der Waals surface area (Å²) in [5.74, 6) is 0.155. The number of piperazine rings is 1. The predicted molar refractivity (Wildman–Crippen MR) is 96.6 cm³/mol. The van der Waals surface area contributed by atoms with Crippen LogP contribution < -0.4 is 0 Å². The summed E-state index contributed by atoms with van der Waals surface area (Å²) in [5.41, 5.74) is 3.20. The molecule has 0 radical (unpaired) electrons. The first kappa shape index (κ1) is 17.3. The Bertz CT molecular complexity index is 940. The summed E-state index contributed by atoms with van der Waals surface area (Å²) in [7, 11) is -3.52. The lowest BCUT2D eigenvalue weighted by atomic mass is 10.1. The van der Waals surface area contributed by atoms with E-state index in [-0.39, 0.29) is 5.91 Å². The number of nitrogens with zero attached hydrogens (tertiary/aromatic N) is 2. The molecule has 2 aliphatic rings. The molecule has 6 nitrogen and oxygen atoms in total. The van der Waals surface area contributed by atoms with Gasteiger partial charge in [0.1, 0.15) is 0 Å². The van der Waals surface area contributed by atoms with Crippen molar-refractivity contribution in [3.63, 3.8) is 0 Å². The number of sulfonamides is 1. The molecule has 2 heterocycles. The Morgan fingerprint density at radius 3 is 2.46 bits per heavy atom. The minimum atomic E-state index is -3.52. The van der Waals surface area contributed by atoms with Gasteiger partial charge in [-0.15, -0.1) is 0 Å². The summed E-state index contributed by atoms with van der Waals surface area (Å²) >= 11 is 0. The van der Waals surface area contributed by atoms with Crippen LogP contribution in [0.5, 0.6) is 0 Å². The van der Waals surface area contributed by atoms with Crippen LogP contribution in [0.4, 0.5) is 0 Å². The van der Waals surface area contributed by atoms with E-state index >= 15 is 0 Å². The van der Waals surface area contributed by atoms with Crippen molar-refractivity contribution < 1.29 is 17.6 Å². The molecule has 7 heteroatoms. The summed E-state index contributed by atoms with van der Waals surface area (Å²) in [6, 6.07) is 7.22. The van der Waals surface area contributed by atoms with Crippen LogP contribution in [-0.2, 0) is 22.9 Å². The van der Waals surface area contributed by atoms with Crippen molar-refractivity contribution in [1.82, 2.24) is 9.21 Å². The summed E-state index contributed by atoms with van der Waals surface area (Å²) in [6.45, 7) is 3.15. The van der Waals surface area contributed by atoms with Crippen molar-refractivity contribution in [2.45, 2.75) is 31.1 Å². The van der Waals surface area contributed by atoms with Crippen LogP contribution in [0, 0.1) is 6.92 Å². The Morgan fingerprint density at radius 1 is 1.04 bits per heavy atom. The molecule has 1 saturated heterocycles. The van der Waals surface area contributed by atoms with Gasteiger partial charge in [0, 0.05) is 31.7 Å². The number of hydrogen-bond donors (Lipinski definition) is 0. The maximum atomic E-state index is 13.0. The van der Waals surface area contributed by atoms with Gasteiger partial charge in [-0.25, -0.2) is 8.42 Å². The van der Waals surface area contributed by atoms with Gasteiger partial charge in [0.05, 0.1) is 11.2 Å². The molecule has 2 aromatic rings. The van der Waals surface area contributed by atoms with Gasteiger partial charge in [-0.1, -0.05) is 6.07 Å². The maximum absolute atomic E-state index is 13.0. The van der Waals surface area contributed by atoms with Crippen molar-refractivity contribution in [1.29, 1.82) is 0 Å². The largest absolute Gasteiger partial charge is 0.459 e. The molecule has 0 spiro atoms. The average molecular weight is 374 g/mol. The zero-order chi connectivity index (χ0) is 18.3. The molecule has 0 unspecified atom stereocenters. The molecule has 1 aromatic heterocycles. The minimum absolute atomic E-state index is 0.179. The highest BCUT2D eigenvalue weighted by Crippen LogP contribution is 2.27. The maximum Gasteiger partial charge on any atom is 0.289 e. The lowest BCUT2D eigenvalue weighted by Crippen LogP contribution is -2.50. The van der Waals surface area contributed by atoms with E-state index in [0.29, 0.717) is 36.8 Å². The first-order valence-corrected chi connectivity index (χ1v) is 10.4. The number of furan rings is 1. The van der Waals surface area contributed by atoms with Crippen LogP contribution in [0.2, 0.25) is 0 Å². The first-order chi connectivity index (χ1) is 12.5. The Hall–Kier alpha value is -2.12.